The van der Waals surface area contributed by atoms with Gasteiger partial charge in [-0.25, -0.2) is 9.97 Å². The molecule has 1 N–H and O–H groups in total. The van der Waals surface area contributed by atoms with Crippen LogP contribution in [0.1, 0.15) is 64.4 Å². The zero-order valence-electron chi connectivity index (χ0n) is 17.4. The Hall–Kier alpha value is -1.40. The fraction of sp³-hybridized carbons (Fsp3) is 0.750. The van der Waals surface area contributed by atoms with Crippen LogP contribution < -0.4 is 10.2 Å². The van der Waals surface area contributed by atoms with Gasteiger partial charge in [0, 0.05) is 31.7 Å². The number of nitrogens with one attached hydrogen (secondary N) is 1. The number of amides is 1. The smallest absolute Gasteiger partial charge is 0.271 e. The quantitative estimate of drug-likeness (QED) is 0.728. The molecule has 2 rings (SSSR count). The van der Waals surface area contributed by atoms with E-state index in [-0.39, 0.29) is 22.2 Å². The van der Waals surface area contributed by atoms with E-state index in [2.05, 4.69) is 41.0 Å². The number of carbonyl (C=O) groups is 1. The van der Waals surface area contributed by atoms with Crippen molar-refractivity contribution in [2.24, 2.45) is 5.92 Å². The lowest BCUT2D eigenvalue weighted by molar-refractivity contribution is 0.0611. The summed E-state index contributed by atoms with van der Waals surface area (Å²) in [6.45, 7) is 15.0. The summed E-state index contributed by atoms with van der Waals surface area (Å²) in [6.07, 6.45) is 5.25. The van der Waals surface area contributed by atoms with Gasteiger partial charge in [-0.1, -0.05) is 24.9 Å². The van der Waals surface area contributed by atoms with Crippen LogP contribution in [-0.2, 0) is 0 Å². The third-order valence-corrected chi connectivity index (χ3v) is 5.90. The number of piperidine rings is 1. The first kappa shape index (κ1) is 21.9. The zero-order valence-corrected chi connectivity index (χ0v) is 18.1. The van der Waals surface area contributed by atoms with Gasteiger partial charge in [-0.2, -0.15) is 0 Å². The van der Waals surface area contributed by atoms with Gasteiger partial charge in [0.05, 0.1) is 11.2 Å². The number of anilines is 1. The highest BCUT2D eigenvalue weighted by atomic mass is 35.5. The lowest BCUT2D eigenvalue weighted by Crippen LogP contribution is -2.54. The van der Waals surface area contributed by atoms with E-state index in [4.69, 9.17) is 11.6 Å². The first-order valence-corrected chi connectivity index (χ1v) is 10.5. The molecule has 0 aliphatic carbocycles. The van der Waals surface area contributed by atoms with Crippen molar-refractivity contribution in [3.63, 3.8) is 0 Å². The maximum absolute atomic E-state index is 12.7. The van der Waals surface area contributed by atoms with Gasteiger partial charge in [0.1, 0.15) is 0 Å². The number of likely N-dealkylation sites (tertiary alicyclic amines) is 1. The number of hydrogen-bond donors (Lipinski definition) is 1. The van der Waals surface area contributed by atoms with Crippen molar-refractivity contribution in [3.05, 3.63) is 16.9 Å². The lowest BCUT2D eigenvalue weighted by atomic mass is 9.91. The minimum Gasteiger partial charge on any atom is -0.349 e. The first-order chi connectivity index (χ1) is 12.8. The van der Waals surface area contributed by atoms with Crippen LogP contribution in [-0.4, -0.2) is 59.0 Å². The summed E-state index contributed by atoms with van der Waals surface area (Å²) in [4.78, 5) is 25.9. The molecule has 2 heterocycles. The van der Waals surface area contributed by atoms with Crippen molar-refractivity contribution < 1.29 is 4.79 Å². The summed E-state index contributed by atoms with van der Waals surface area (Å²) >= 11 is 6.20. The van der Waals surface area contributed by atoms with E-state index in [1.54, 1.807) is 0 Å². The van der Waals surface area contributed by atoms with E-state index in [1.165, 1.54) is 25.5 Å². The lowest BCUT2D eigenvalue weighted by Gasteiger charge is -2.43. The van der Waals surface area contributed by atoms with E-state index >= 15 is 0 Å². The van der Waals surface area contributed by atoms with Gasteiger partial charge in [-0.3, -0.25) is 9.69 Å². The number of nitrogens with zero attached hydrogens (tertiary/aromatic N) is 4. The second-order valence-electron chi connectivity index (χ2n) is 7.90. The molecule has 0 bridgehead atoms. The van der Waals surface area contributed by atoms with Crippen molar-refractivity contribution >= 4 is 23.5 Å². The molecular formula is C20H34ClN5O. The van der Waals surface area contributed by atoms with E-state index in [0.29, 0.717) is 12.5 Å². The van der Waals surface area contributed by atoms with Crippen LogP contribution in [0.2, 0.25) is 5.02 Å². The van der Waals surface area contributed by atoms with Crippen LogP contribution in [0.15, 0.2) is 6.20 Å². The summed E-state index contributed by atoms with van der Waals surface area (Å²) in [7, 11) is 0. The Morgan fingerprint density at radius 3 is 2.70 bits per heavy atom. The average molecular weight is 396 g/mol. The molecule has 7 heteroatoms. The third-order valence-electron chi connectivity index (χ3n) is 5.63. The van der Waals surface area contributed by atoms with Crippen LogP contribution in [0.4, 0.5) is 5.95 Å². The molecule has 6 nitrogen and oxygen atoms in total. The Bertz CT molecular complexity index is 633. The van der Waals surface area contributed by atoms with E-state index in [9.17, 15) is 4.79 Å². The first-order valence-electron chi connectivity index (χ1n) is 10.1. The molecule has 1 fully saturated rings. The van der Waals surface area contributed by atoms with Gasteiger partial charge < -0.3 is 10.2 Å². The normalized spacial score (nSPS) is 18.4. The Morgan fingerprint density at radius 1 is 1.37 bits per heavy atom. The van der Waals surface area contributed by atoms with E-state index in [1.807, 2.05) is 18.7 Å². The Balaban J connectivity index is 2.05. The Morgan fingerprint density at radius 2 is 2.07 bits per heavy atom. The highest BCUT2D eigenvalue weighted by Crippen LogP contribution is 2.25. The molecule has 1 saturated heterocycles. The maximum Gasteiger partial charge on any atom is 0.271 e. The Labute approximate surface area is 168 Å². The van der Waals surface area contributed by atoms with Gasteiger partial charge in [0.2, 0.25) is 5.95 Å². The number of hydrogen-bond acceptors (Lipinski definition) is 5. The molecule has 0 radical (unpaired) electrons. The monoisotopic (exact) mass is 395 g/mol. The van der Waals surface area contributed by atoms with Crippen LogP contribution >= 0.6 is 11.6 Å². The topological polar surface area (TPSA) is 61.4 Å². The maximum atomic E-state index is 12.7. The molecule has 1 aliphatic heterocycles. The van der Waals surface area contributed by atoms with Crippen molar-refractivity contribution in [2.75, 3.05) is 37.6 Å². The average Bonchev–Trinajstić information content (AvgIpc) is 2.68. The highest BCUT2D eigenvalue weighted by Gasteiger charge is 2.31. The summed E-state index contributed by atoms with van der Waals surface area (Å²) in [5, 5.41) is 3.32. The second-order valence-corrected chi connectivity index (χ2v) is 8.30. The van der Waals surface area contributed by atoms with Crippen molar-refractivity contribution in [2.45, 2.75) is 59.4 Å². The SMILES string of the molecule is CCC1CCCN(C(C)(C)CNC(=O)c2nc(N(CC)CC)ncc2Cl)C1. The molecule has 1 aromatic heterocycles. The fourth-order valence-corrected chi connectivity index (χ4v) is 3.79. The van der Waals surface area contributed by atoms with Gasteiger partial charge in [-0.05, 0) is 53.0 Å². The minimum atomic E-state index is -0.243. The predicted molar refractivity (Wildman–Crippen MR) is 112 cm³/mol. The molecule has 27 heavy (non-hydrogen) atoms. The summed E-state index contributed by atoms with van der Waals surface area (Å²) in [5.41, 5.74) is 0.138. The molecule has 0 spiro atoms. The predicted octanol–water partition coefficient (Wildman–Crippen LogP) is 3.61. The van der Waals surface area contributed by atoms with E-state index in [0.717, 1.165) is 32.1 Å². The zero-order chi connectivity index (χ0) is 20.0. The van der Waals surface area contributed by atoms with E-state index < -0.39 is 0 Å². The summed E-state index contributed by atoms with van der Waals surface area (Å²) in [5.74, 6) is 1.05. The second kappa shape index (κ2) is 9.69. The molecule has 1 atom stereocenters. The molecule has 0 saturated carbocycles. The standard InChI is InChI=1S/C20H34ClN5O/c1-6-15-10-9-11-26(13-15)20(4,5)14-23-18(27)17-16(21)12-22-19(24-17)25(7-2)8-3/h12,15H,6-11,13-14H2,1-5H3,(H,23,27). The number of aromatic nitrogens is 2. The number of halogens is 1. The van der Waals surface area contributed by atoms with Crippen LogP contribution in [0, 0.1) is 5.92 Å². The van der Waals surface area contributed by atoms with Gasteiger partial charge in [0.25, 0.3) is 5.91 Å². The van der Waals surface area contributed by atoms with Crippen molar-refractivity contribution in [3.8, 4) is 0 Å². The molecule has 1 aliphatic rings. The molecule has 1 unspecified atom stereocenters. The number of carbonyl (C=O) groups excluding carboxylic acids is 1. The fourth-order valence-electron chi connectivity index (χ4n) is 3.62. The van der Waals surface area contributed by atoms with Gasteiger partial charge >= 0.3 is 0 Å². The van der Waals surface area contributed by atoms with Crippen LogP contribution in [0.3, 0.4) is 0 Å². The summed E-state index contributed by atoms with van der Waals surface area (Å²) < 4.78 is 0. The highest BCUT2D eigenvalue weighted by molar-refractivity contribution is 6.33. The number of rotatable bonds is 8. The molecule has 0 aromatic carbocycles. The molecule has 1 amide bonds. The van der Waals surface area contributed by atoms with Gasteiger partial charge in [-0.15, -0.1) is 0 Å². The summed E-state index contributed by atoms with van der Waals surface area (Å²) in [6, 6.07) is 0. The molecule has 1 aromatic rings. The minimum absolute atomic E-state index is 0.106. The largest absolute Gasteiger partial charge is 0.349 e. The third kappa shape index (κ3) is 5.55. The van der Waals surface area contributed by atoms with Crippen molar-refractivity contribution in [1.82, 2.24) is 20.2 Å². The van der Waals surface area contributed by atoms with Crippen LogP contribution in [0.5, 0.6) is 0 Å². The molecular weight excluding hydrogens is 362 g/mol. The molecule has 152 valence electrons. The van der Waals surface area contributed by atoms with Crippen molar-refractivity contribution in [1.29, 1.82) is 0 Å². The van der Waals surface area contributed by atoms with Gasteiger partial charge in [0.15, 0.2) is 5.69 Å². The Kier molecular flexibility index (Phi) is 7.86. The van der Waals surface area contributed by atoms with Crippen LogP contribution in [0.25, 0.3) is 0 Å².